The molecule has 94 valence electrons. The minimum atomic E-state index is -3.31. The molecule has 2 rings (SSSR count). The summed E-state index contributed by atoms with van der Waals surface area (Å²) >= 11 is 0. The van der Waals surface area contributed by atoms with Crippen molar-refractivity contribution in [1.82, 2.24) is 5.32 Å². The lowest BCUT2D eigenvalue weighted by Crippen LogP contribution is -2.46. The third-order valence-corrected chi connectivity index (χ3v) is 3.04. The molecule has 0 saturated carbocycles. The van der Waals surface area contributed by atoms with E-state index in [2.05, 4.69) is 5.32 Å². The standard InChI is InChI=1S/C12H13F4N/c13-8-4-5-9(10(14)7-8)12(15,16)11-3-1-2-6-17-11/h4-5,7,11,17H,1-3,6H2. The molecule has 1 atom stereocenters. The molecular formula is C12H13F4N. The van der Waals surface area contributed by atoms with Crippen LogP contribution in [0.4, 0.5) is 17.6 Å². The largest absolute Gasteiger partial charge is 0.308 e. The summed E-state index contributed by atoms with van der Waals surface area (Å²) in [5.74, 6) is -5.35. The molecule has 0 aromatic heterocycles. The van der Waals surface area contributed by atoms with Crippen LogP contribution in [-0.2, 0) is 5.92 Å². The number of hydrogen-bond acceptors (Lipinski definition) is 1. The van der Waals surface area contributed by atoms with E-state index in [9.17, 15) is 17.6 Å². The Kier molecular flexibility index (Phi) is 3.38. The summed E-state index contributed by atoms with van der Waals surface area (Å²) in [7, 11) is 0. The van der Waals surface area contributed by atoms with Crippen molar-refractivity contribution in [1.29, 1.82) is 0 Å². The van der Waals surface area contributed by atoms with Gasteiger partial charge in [0.2, 0.25) is 0 Å². The molecule has 1 fully saturated rings. The minimum Gasteiger partial charge on any atom is -0.308 e. The van der Waals surface area contributed by atoms with Gasteiger partial charge in [-0.15, -0.1) is 0 Å². The molecule has 5 heteroatoms. The van der Waals surface area contributed by atoms with Gasteiger partial charge in [-0.2, -0.15) is 8.78 Å². The van der Waals surface area contributed by atoms with Crippen LogP contribution in [0.25, 0.3) is 0 Å². The quantitative estimate of drug-likeness (QED) is 0.791. The van der Waals surface area contributed by atoms with Gasteiger partial charge in [-0.3, -0.25) is 0 Å². The van der Waals surface area contributed by atoms with E-state index >= 15 is 0 Å². The highest BCUT2D eigenvalue weighted by Gasteiger charge is 2.43. The Labute approximate surface area is 96.8 Å². The maximum atomic E-state index is 14.0. The van der Waals surface area contributed by atoms with Crippen LogP contribution in [0.15, 0.2) is 18.2 Å². The molecule has 1 aromatic rings. The fraction of sp³-hybridized carbons (Fsp3) is 0.500. The van der Waals surface area contributed by atoms with Crippen LogP contribution in [0.1, 0.15) is 24.8 Å². The summed E-state index contributed by atoms with van der Waals surface area (Å²) in [5.41, 5.74) is -0.738. The number of piperidine rings is 1. The highest BCUT2D eigenvalue weighted by Crippen LogP contribution is 2.36. The molecule has 0 bridgehead atoms. The van der Waals surface area contributed by atoms with Crippen molar-refractivity contribution in [2.45, 2.75) is 31.2 Å². The van der Waals surface area contributed by atoms with Gasteiger partial charge < -0.3 is 5.32 Å². The maximum absolute atomic E-state index is 14.0. The summed E-state index contributed by atoms with van der Waals surface area (Å²) in [6.07, 6.45) is 1.83. The zero-order valence-corrected chi connectivity index (χ0v) is 9.15. The van der Waals surface area contributed by atoms with Crippen LogP contribution >= 0.6 is 0 Å². The number of benzene rings is 1. The van der Waals surface area contributed by atoms with E-state index in [1.807, 2.05) is 0 Å². The predicted molar refractivity (Wildman–Crippen MR) is 55.9 cm³/mol. The summed E-state index contributed by atoms with van der Waals surface area (Å²) in [4.78, 5) is 0. The highest BCUT2D eigenvalue weighted by molar-refractivity contribution is 5.25. The van der Waals surface area contributed by atoms with Crippen LogP contribution in [0.3, 0.4) is 0 Å². The topological polar surface area (TPSA) is 12.0 Å². The Bertz CT molecular complexity index is 399. The number of hydrogen-bond donors (Lipinski definition) is 1. The van der Waals surface area contributed by atoms with Crippen LogP contribution in [0.2, 0.25) is 0 Å². The molecule has 17 heavy (non-hydrogen) atoms. The summed E-state index contributed by atoms with van der Waals surface area (Å²) in [6, 6.07) is 1.10. The fourth-order valence-corrected chi connectivity index (χ4v) is 2.11. The zero-order chi connectivity index (χ0) is 12.5. The van der Waals surface area contributed by atoms with E-state index in [4.69, 9.17) is 0 Å². The molecule has 1 unspecified atom stereocenters. The lowest BCUT2D eigenvalue weighted by molar-refractivity contribution is -0.0541. The average molecular weight is 247 g/mol. The molecule has 1 aliphatic rings. The normalized spacial score (nSPS) is 21.5. The molecule has 0 aliphatic carbocycles. The molecule has 0 spiro atoms. The van der Waals surface area contributed by atoms with Crippen molar-refractivity contribution >= 4 is 0 Å². The average Bonchev–Trinajstić information content (AvgIpc) is 2.29. The second-order valence-electron chi connectivity index (χ2n) is 4.25. The third kappa shape index (κ3) is 2.44. The zero-order valence-electron chi connectivity index (χ0n) is 9.15. The highest BCUT2D eigenvalue weighted by atomic mass is 19.3. The number of halogens is 4. The first-order valence-electron chi connectivity index (χ1n) is 5.58. The number of alkyl halides is 2. The van der Waals surface area contributed by atoms with Crippen molar-refractivity contribution in [3.8, 4) is 0 Å². The first kappa shape index (κ1) is 12.4. The molecule has 1 aliphatic heterocycles. The van der Waals surface area contributed by atoms with Gasteiger partial charge in [0.15, 0.2) is 0 Å². The Morgan fingerprint density at radius 1 is 1.18 bits per heavy atom. The third-order valence-electron chi connectivity index (χ3n) is 3.04. The Morgan fingerprint density at radius 2 is 1.94 bits per heavy atom. The Morgan fingerprint density at radius 3 is 2.53 bits per heavy atom. The minimum absolute atomic E-state index is 0.295. The van der Waals surface area contributed by atoms with Gasteiger partial charge in [-0.1, -0.05) is 6.42 Å². The van der Waals surface area contributed by atoms with E-state index in [1.165, 1.54) is 0 Å². The SMILES string of the molecule is Fc1ccc(C(F)(F)C2CCCCN2)c(F)c1. The first-order chi connectivity index (χ1) is 8.01. The Balaban J connectivity index is 2.29. The predicted octanol–water partition coefficient (Wildman–Crippen LogP) is 3.20. The molecule has 1 saturated heterocycles. The fourth-order valence-electron chi connectivity index (χ4n) is 2.11. The number of nitrogens with one attached hydrogen (secondary N) is 1. The smallest absolute Gasteiger partial charge is 0.291 e. The molecule has 1 heterocycles. The van der Waals surface area contributed by atoms with E-state index in [0.717, 1.165) is 18.6 Å². The maximum Gasteiger partial charge on any atom is 0.291 e. The Hall–Kier alpha value is -1.10. The van der Waals surface area contributed by atoms with Gasteiger partial charge in [0.25, 0.3) is 5.92 Å². The lowest BCUT2D eigenvalue weighted by atomic mass is 9.93. The molecule has 1 nitrogen and oxygen atoms in total. The van der Waals surface area contributed by atoms with E-state index < -0.39 is 29.2 Å². The van der Waals surface area contributed by atoms with Gasteiger partial charge in [0.1, 0.15) is 11.6 Å². The van der Waals surface area contributed by atoms with E-state index in [-0.39, 0.29) is 0 Å². The van der Waals surface area contributed by atoms with Gasteiger partial charge in [-0.25, -0.2) is 8.78 Å². The van der Waals surface area contributed by atoms with Crippen LogP contribution in [0.5, 0.6) is 0 Å². The van der Waals surface area contributed by atoms with Gasteiger partial charge in [0, 0.05) is 6.07 Å². The van der Waals surface area contributed by atoms with Crippen LogP contribution < -0.4 is 5.32 Å². The van der Waals surface area contributed by atoms with E-state index in [0.29, 0.717) is 25.5 Å². The second kappa shape index (κ2) is 4.64. The van der Waals surface area contributed by atoms with Gasteiger partial charge >= 0.3 is 0 Å². The van der Waals surface area contributed by atoms with Crippen LogP contribution in [-0.4, -0.2) is 12.6 Å². The van der Waals surface area contributed by atoms with Gasteiger partial charge in [-0.05, 0) is 31.5 Å². The van der Waals surface area contributed by atoms with Crippen LogP contribution in [0, 0.1) is 11.6 Å². The summed E-state index contributed by atoms with van der Waals surface area (Å²) < 4.78 is 54.0. The molecule has 1 N–H and O–H groups in total. The molecule has 0 amide bonds. The summed E-state index contributed by atoms with van der Waals surface area (Å²) in [5, 5.41) is 2.69. The lowest BCUT2D eigenvalue weighted by Gasteiger charge is -2.31. The number of rotatable bonds is 2. The van der Waals surface area contributed by atoms with Crippen molar-refractivity contribution in [3.05, 3.63) is 35.4 Å². The second-order valence-corrected chi connectivity index (χ2v) is 4.25. The molecule has 1 aromatic carbocycles. The van der Waals surface area contributed by atoms with E-state index in [1.54, 1.807) is 0 Å². The van der Waals surface area contributed by atoms with Gasteiger partial charge in [0.05, 0.1) is 11.6 Å². The molecular weight excluding hydrogens is 234 g/mol. The van der Waals surface area contributed by atoms with Crippen molar-refractivity contribution in [2.24, 2.45) is 0 Å². The molecule has 0 radical (unpaired) electrons. The summed E-state index contributed by atoms with van der Waals surface area (Å²) in [6.45, 7) is 0.503. The van der Waals surface area contributed by atoms with Crippen molar-refractivity contribution < 1.29 is 17.6 Å². The monoisotopic (exact) mass is 247 g/mol. The van der Waals surface area contributed by atoms with Crippen molar-refractivity contribution in [3.63, 3.8) is 0 Å². The van der Waals surface area contributed by atoms with Crippen molar-refractivity contribution in [2.75, 3.05) is 6.54 Å². The first-order valence-corrected chi connectivity index (χ1v) is 5.58.